The first kappa shape index (κ1) is 23.8. The van der Waals surface area contributed by atoms with Crippen molar-refractivity contribution in [3.63, 3.8) is 0 Å². The monoisotopic (exact) mass is 435 g/mol. The van der Waals surface area contributed by atoms with Crippen LogP contribution in [0, 0.1) is 0 Å². The summed E-state index contributed by atoms with van der Waals surface area (Å²) >= 11 is 0. The molecule has 0 spiro atoms. The molecule has 0 saturated carbocycles. The van der Waals surface area contributed by atoms with E-state index in [4.69, 9.17) is 9.47 Å². The van der Waals surface area contributed by atoms with Gasteiger partial charge in [0.1, 0.15) is 24.7 Å². The minimum absolute atomic E-state index is 0.465. The summed E-state index contributed by atoms with van der Waals surface area (Å²) in [6.07, 6.45) is -0.337. The van der Waals surface area contributed by atoms with Gasteiger partial charge in [0, 0.05) is 6.54 Å². The summed E-state index contributed by atoms with van der Waals surface area (Å²) in [5.74, 6) is 1.55. The van der Waals surface area contributed by atoms with Crippen LogP contribution in [0.5, 0.6) is 11.5 Å². The van der Waals surface area contributed by atoms with Crippen LogP contribution < -0.4 is 9.47 Å². The third-order valence-electron chi connectivity index (χ3n) is 5.30. The Morgan fingerprint density at radius 1 is 0.688 bits per heavy atom. The summed E-state index contributed by atoms with van der Waals surface area (Å²) < 4.78 is 11.5. The number of benzene rings is 3. The predicted octanol–water partition coefficient (Wildman–Crippen LogP) is 4.75. The number of ether oxygens (including phenoxy) is 2. The second-order valence-electron chi connectivity index (χ2n) is 8.17. The van der Waals surface area contributed by atoms with Crippen LogP contribution in [0.3, 0.4) is 0 Å². The lowest BCUT2D eigenvalue weighted by atomic mass is 9.99. The lowest BCUT2D eigenvalue weighted by Gasteiger charge is -2.16. The zero-order valence-electron chi connectivity index (χ0n) is 18.9. The van der Waals surface area contributed by atoms with Crippen LogP contribution >= 0.6 is 0 Å². The number of likely N-dealkylation sites (N-methyl/N-ethyl adjacent to an activating group) is 1. The number of rotatable bonds is 12. The maximum atomic E-state index is 10.5. The Balaban J connectivity index is 1.43. The van der Waals surface area contributed by atoms with Crippen LogP contribution in [-0.4, -0.2) is 42.4 Å². The average molecular weight is 436 g/mol. The van der Waals surface area contributed by atoms with Crippen LogP contribution in [0.4, 0.5) is 0 Å². The number of hydrogen-bond acceptors (Lipinski definition) is 5. The lowest BCUT2D eigenvalue weighted by Crippen LogP contribution is -2.19. The molecule has 0 saturated heterocycles. The topological polar surface area (TPSA) is 62.2 Å². The van der Waals surface area contributed by atoms with Crippen LogP contribution in [0.2, 0.25) is 0 Å². The summed E-state index contributed by atoms with van der Waals surface area (Å²) in [5, 5.41) is 21.0. The van der Waals surface area contributed by atoms with E-state index in [-0.39, 0.29) is 0 Å². The fourth-order valence-corrected chi connectivity index (χ4v) is 3.31. The highest BCUT2D eigenvalue weighted by Crippen LogP contribution is 2.27. The second-order valence-corrected chi connectivity index (χ2v) is 8.17. The Kier molecular flexibility index (Phi) is 9.11. The minimum Gasteiger partial charge on any atom is -0.492 e. The van der Waals surface area contributed by atoms with E-state index in [2.05, 4.69) is 4.90 Å². The highest BCUT2D eigenvalue weighted by Gasteiger charge is 2.13. The molecule has 0 aliphatic carbocycles. The van der Waals surface area contributed by atoms with Crippen molar-refractivity contribution < 1.29 is 19.7 Å². The second kappa shape index (κ2) is 12.2. The minimum atomic E-state index is -0.638. The Morgan fingerprint density at radius 3 is 1.69 bits per heavy atom. The smallest absolute Gasteiger partial charge is 0.119 e. The van der Waals surface area contributed by atoms with Crippen LogP contribution in [0.15, 0.2) is 78.9 Å². The molecule has 0 aliphatic rings. The molecule has 0 aliphatic heterocycles. The molecule has 3 rings (SSSR count). The Morgan fingerprint density at radius 2 is 1.19 bits per heavy atom. The van der Waals surface area contributed by atoms with E-state index in [1.54, 1.807) is 0 Å². The van der Waals surface area contributed by atoms with Gasteiger partial charge in [0.2, 0.25) is 0 Å². The highest BCUT2D eigenvalue weighted by atomic mass is 16.5. The lowest BCUT2D eigenvalue weighted by molar-refractivity contribution is 0.115. The van der Waals surface area contributed by atoms with E-state index >= 15 is 0 Å². The quantitative estimate of drug-likeness (QED) is 0.430. The predicted molar refractivity (Wildman–Crippen MR) is 127 cm³/mol. The number of nitrogens with zero attached hydrogens (tertiary/aromatic N) is 1. The molecule has 5 nitrogen and oxygen atoms in total. The van der Waals surface area contributed by atoms with Gasteiger partial charge in [-0.05, 0) is 67.9 Å². The third-order valence-corrected chi connectivity index (χ3v) is 5.30. The SMILES string of the molecule is CN(C)CCOc1ccc(C(O)CCC(O)c2ccc(OCc3ccccc3)cc2)cc1. The summed E-state index contributed by atoms with van der Waals surface area (Å²) in [7, 11) is 4.01. The third kappa shape index (κ3) is 7.68. The van der Waals surface area contributed by atoms with Gasteiger partial charge in [0.25, 0.3) is 0 Å². The van der Waals surface area contributed by atoms with E-state index in [1.165, 1.54) is 0 Å². The molecule has 32 heavy (non-hydrogen) atoms. The molecule has 3 aromatic rings. The summed E-state index contributed by atoms with van der Waals surface area (Å²) in [4.78, 5) is 2.06. The molecular weight excluding hydrogens is 402 g/mol. The normalized spacial score (nSPS) is 13.0. The standard InChI is InChI=1S/C27H33NO4/c1-28(2)18-19-31-24-12-8-22(9-13-24)26(29)16-17-27(30)23-10-14-25(15-11-23)32-20-21-6-4-3-5-7-21/h3-15,26-27,29-30H,16-20H2,1-2H3. The molecule has 0 aromatic heterocycles. The maximum Gasteiger partial charge on any atom is 0.119 e. The van der Waals surface area contributed by atoms with Gasteiger partial charge in [0.15, 0.2) is 0 Å². The van der Waals surface area contributed by atoms with Crippen molar-refractivity contribution in [2.75, 3.05) is 27.2 Å². The van der Waals surface area contributed by atoms with E-state index in [0.717, 1.165) is 34.7 Å². The first-order valence-corrected chi connectivity index (χ1v) is 11.0. The van der Waals surface area contributed by atoms with Gasteiger partial charge in [-0.1, -0.05) is 54.6 Å². The van der Waals surface area contributed by atoms with E-state index in [1.807, 2.05) is 93.0 Å². The Hall–Kier alpha value is -2.86. The first-order chi connectivity index (χ1) is 15.5. The van der Waals surface area contributed by atoms with Gasteiger partial charge in [0.05, 0.1) is 12.2 Å². The van der Waals surface area contributed by atoms with Gasteiger partial charge < -0.3 is 24.6 Å². The molecular formula is C27H33NO4. The van der Waals surface area contributed by atoms with Crippen molar-refractivity contribution in [2.24, 2.45) is 0 Å². The van der Waals surface area contributed by atoms with Crippen LogP contribution in [0.1, 0.15) is 41.7 Å². The molecule has 0 bridgehead atoms. The zero-order chi connectivity index (χ0) is 22.8. The van der Waals surface area contributed by atoms with Crippen molar-refractivity contribution in [1.29, 1.82) is 0 Å². The van der Waals surface area contributed by atoms with Crippen molar-refractivity contribution in [3.8, 4) is 11.5 Å². The number of aliphatic hydroxyl groups excluding tert-OH is 2. The van der Waals surface area contributed by atoms with Crippen molar-refractivity contribution in [2.45, 2.75) is 31.7 Å². The first-order valence-electron chi connectivity index (χ1n) is 11.0. The summed E-state index contributed by atoms with van der Waals surface area (Å²) in [6, 6.07) is 25.0. The summed E-state index contributed by atoms with van der Waals surface area (Å²) in [5.41, 5.74) is 2.74. The van der Waals surface area contributed by atoms with Crippen molar-refractivity contribution in [3.05, 3.63) is 95.6 Å². The molecule has 0 heterocycles. The van der Waals surface area contributed by atoms with Gasteiger partial charge in [-0.15, -0.1) is 0 Å². The summed E-state index contributed by atoms with van der Waals surface area (Å²) in [6.45, 7) is 1.98. The molecule has 2 atom stereocenters. The van der Waals surface area contributed by atoms with E-state index in [9.17, 15) is 10.2 Å². The van der Waals surface area contributed by atoms with E-state index < -0.39 is 12.2 Å². The molecule has 0 radical (unpaired) electrons. The van der Waals surface area contributed by atoms with Crippen LogP contribution in [-0.2, 0) is 6.61 Å². The molecule has 0 fully saturated rings. The van der Waals surface area contributed by atoms with Gasteiger partial charge in [-0.3, -0.25) is 0 Å². The number of hydrogen-bond donors (Lipinski definition) is 2. The molecule has 2 N–H and O–H groups in total. The van der Waals surface area contributed by atoms with Gasteiger partial charge in [-0.25, -0.2) is 0 Å². The zero-order valence-corrected chi connectivity index (χ0v) is 18.9. The molecule has 2 unspecified atom stereocenters. The van der Waals surface area contributed by atoms with E-state index in [0.29, 0.717) is 26.1 Å². The fourth-order valence-electron chi connectivity index (χ4n) is 3.31. The highest BCUT2D eigenvalue weighted by molar-refractivity contribution is 5.30. The van der Waals surface area contributed by atoms with Crippen LogP contribution in [0.25, 0.3) is 0 Å². The Bertz CT molecular complexity index is 911. The molecule has 0 amide bonds. The van der Waals surface area contributed by atoms with Gasteiger partial charge >= 0.3 is 0 Å². The fraction of sp³-hybridized carbons (Fsp3) is 0.333. The largest absolute Gasteiger partial charge is 0.492 e. The Labute approximate surface area is 190 Å². The number of aliphatic hydroxyl groups is 2. The maximum absolute atomic E-state index is 10.5. The van der Waals surface area contributed by atoms with Crippen molar-refractivity contribution in [1.82, 2.24) is 4.90 Å². The molecule has 3 aromatic carbocycles. The molecule has 170 valence electrons. The molecule has 5 heteroatoms. The van der Waals surface area contributed by atoms with Gasteiger partial charge in [-0.2, -0.15) is 0 Å². The van der Waals surface area contributed by atoms with Crippen molar-refractivity contribution >= 4 is 0 Å². The average Bonchev–Trinajstić information content (AvgIpc) is 2.82.